The van der Waals surface area contributed by atoms with Gasteiger partial charge in [0.1, 0.15) is 11.6 Å². The van der Waals surface area contributed by atoms with Crippen LogP contribution < -0.4 is 4.90 Å². The number of amides is 3. The molecule has 0 aromatic heterocycles. The second-order valence-electron chi connectivity index (χ2n) is 14.8. The van der Waals surface area contributed by atoms with Crippen molar-refractivity contribution in [3.8, 4) is 0 Å². The second-order valence-corrected chi connectivity index (χ2v) is 14.8. The number of carbonyl (C=O) groups excluding carboxylic acids is 3. The number of hydrogen-bond acceptors (Lipinski definition) is 5. The van der Waals surface area contributed by atoms with Gasteiger partial charge in [0.05, 0.1) is 30.6 Å². The molecule has 1 spiro atoms. The fourth-order valence-electron chi connectivity index (χ4n) is 8.37. The van der Waals surface area contributed by atoms with Crippen LogP contribution in [0.2, 0.25) is 0 Å². The smallest absolute Gasteiger partial charge is 0.249 e. The molecule has 3 heterocycles. The van der Waals surface area contributed by atoms with E-state index in [0.29, 0.717) is 25.8 Å². The lowest BCUT2D eigenvalue weighted by Gasteiger charge is -2.47. The quantitative estimate of drug-likeness (QED) is 0.311. The maximum atomic E-state index is 15.0. The van der Waals surface area contributed by atoms with Gasteiger partial charge >= 0.3 is 0 Å². The molecule has 3 amide bonds. The summed E-state index contributed by atoms with van der Waals surface area (Å²) in [4.78, 5) is 49.3. The van der Waals surface area contributed by atoms with Gasteiger partial charge in [-0.2, -0.15) is 0 Å². The molecule has 1 aromatic rings. The van der Waals surface area contributed by atoms with E-state index < -0.39 is 41.2 Å². The predicted molar refractivity (Wildman–Crippen MR) is 174 cm³/mol. The molecule has 3 saturated heterocycles. The van der Waals surface area contributed by atoms with Crippen LogP contribution >= 0.6 is 0 Å². The molecule has 0 aliphatic carbocycles. The van der Waals surface area contributed by atoms with Crippen LogP contribution in [0.5, 0.6) is 0 Å². The molecule has 242 valence electrons. The van der Waals surface area contributed by atoms with Gasteiger partial charge < -0.3 is 24.5 Å². The van der Waals surface area contributed by atoms with Gasteiger partial charge in [0, 0.05) is 24.3 Å². The molecular weight excluding hydrogens is 554 g/mol. The van der Waals surface area contributed by atoms with E-state index in [0.717, 1.165) is 12.1 Å². The number of anilines is 1. The molecule has 1 N–H and O–H groups in total. The van der Waals surface area contributed by atoms with Crippen LogP contribution in [0.15, 0.2) is 55.6 Å². The van der Waals surface area contributed by atoms with E-state index in [1.165, 1.54) is 0 Å². The molecule has 8 nitrogen and oxygen atoms in total. The summed E-state index contributed by atoms with van der Waals surface area (Å²) in [7, 11) is 0. The van der Waals surface area contributed by atoms with E-state index in [1.54, 1.807) is 22.0 Å². The van der Waals surface area contributed by atoms with Crippen molar-refractivity contribution in [1.29, 1.82) is 0 Å². The highest BCUT2D eigenvalue weighted by Crippen LogP contribution is 2.60. The van der Waals surface area contributed by atoms with Gasteiger partial charge in [-0.3, -0.25) is 14.4 Å². The predicted octanol–water partition coefficient (Wildman–Crippen LogP) is 5.22. The Morgan fingerprint density at radius 3 is 2.30 bits per heavy atom. The lowest BCUT2D eigenvalue weighted by Crippen LogP contribution is -2.63. The van der Waals surface area contributed by atoms with E-state index in [1.807, 2.05) is 49.1 Å². The Morgan fingerprint density at radius 2 is 1.75 bits per heavy atom. The number of rotatable bonds is 13. The third-order valence-electron chi connectivity index (χ3n) is 10.0. The zero-order valence-electron chi connectivity index (χ0n) is 27.8. The molecule has 0 saturated carbocycles. The van der Waals surface area contributed by atoms with Crippen molar-refractivity contribution in [1.82, 2.24) is 9.80 Å². The van der Waals surface area contributed by atoms with Crippen LogP contribution in [0.3, 0.4) is 0 Å². The molecule has 44 heavy (non-hydrogen) atoms. The first kappa shape index (κ1) is 33.9. The second kappa shape index (κ2) is 12.8. The molecule has 7 atom stereocenters. The van der Waals surface area contributed by atoms with Crippen molar-refractivity contribution in [2.45, 2.75) is 103 Å². The SMILES string of the molecule is C=CCN(C(=O)[C@@H]1[C@H]2C(=O)N([C@@H](CO)[C@@H](C)CC)C(C(=O)N(CC=C)C(C)(C)CC(C)(C)C)C23CC[C@H]1O3)c1ccccc1. The van der Waals surface area contributed by atoms with Crippen molar-refractivity contribution in [2.75, 3.05) is 24.6 Å². The van der Waals surface area contributed by atoms with Crippen LogP contribution in [-0.2, 0) is 19.1 Å². The molecule has 0 radical (unpaired) electrons. The fourth-order valence-corrected chi connectivity index (χ4v) is 8.37. The Morgan fingerprint density at radius 1 is 1.11 bits per heavy atom. The topological polar surface area (TPSA) is 90.4 Å². The van der Waals surface area contributed by atoms with E-state index in [2.05, 4.69) is 47.8 Å². The lowest BCUT2D eigenvalue weighted by atomic mass is 9.70. The number of benzene rings is 1. The number of carbonyl (C=O) groups is 3. The van der Waals surface area contributed by atoms with E-state index in [-0.39, 0.29) is 42.2 Å². The Kier molecular flexibility index (Phi) is 9.86. The Balaban J connectivity index is 1.84. The average molecular weight is 608 g/mol. The van der Waals surface area contributed by atoms with Crippen molar-refractivity contribution in [2.24, 2.45) is 23.2 Å². The number of para-hydroxylation sites is 1. The van der Waals surface area contributed by atoms with E-state index in [4.69, 9.17) is 4.74 Å². The summed E-state index contributed by atoms with van der Waals surface area (Å²) in [6.07, 6.45) is 5.45. The highest BCUT2D eigenvalue weighted by Gasteiger charge is 2.76. The highest BCUT2D eigenvalue weighted by atomic mass is 16.5. The molecule has 4 rings (SSSR count). The van der Waals surface area contributed by atoms with E-state index >= 15 is 4.79 Å². The Hall–Kier alpha value is -2.97. The molecule has 8 heteroatoms. The summed E-state index contributed by atoms with van der Waals surface area (Å²) in [5.41, 5.74) is -1.06. The third-order valence-corrected chi connectivity index (χ3v) is 10.0. The maximum Gasteiger partial charge on any atom is 0.249 e. The number of fused-ring (bicyclic) bond motifs is 1. The first-order chi connectivity index (χ1) is 20.7. The molecule has 1 aromatic carbocycles. The summed E-state index contributed by atoms with van der Waals surface area (Å²) >= 11 is 0. The number of nitrogens with zero attached hydrogens (tertiary/aromatic N) is 3. The zero-order chi connectivity index (χ0) is 32.6. The standard InChI is InChI=1S/C36H53N3O5/c1-10-20-37(25-16-14-13-15-17-25)31(41)28-27-18-19-36(44-27)29(28)32(42)39(26(22-40)24(4)12-3)30(36)33(43)38(21-11-2)35(8,9)23-34(5,6)7/h10-11,13-17,24,26-30,40H,1-2,12,18-23H2,3-9H3/t24-,26-,27+,28-,29-,30?,36?/m0/s1. The third kappa shape index (κ3) is 5.87. The lowest BCUT2D eigenvalue weighted by molar-refractivity contribution is -0.156. The van der Waals surface area contributed by atoms with Crippen LogP contribution in [0.25, 0.3) is 0 Å². The molecule has 3 aliphatic rings. The minimum absolute atomic E-state index is 0.0640. The Labute approximate surface area is 264 Å². The van der Waals surface area contributed by atoms with Crippen molar-refractivity contribution in [3.63, 3.8) is 0 Å². The monoisotopic (exact) mass is 607 g/mol. The number of ether oxygens (including phenoxy) is 1. The van der Waals surface area contributed by atoms with Gasteiger partial charge in [-0.25, -0.2) is 0 Å². The minimum atomic E-state index is -1.16. The number of likely N-dealkylation sites (tertiary alicyclic amines) is 1. The van der Waals surface area contributed by atoms with Gasteiger partial charge in [0.25, 0.3) is 0 Å². The van der Waals surface area contributed by atoms with Crippen molar-refractivity contribution < 1.29 is 24.2 Å². The van der Waals surface area contributed by atoms with Gasteiger partial charge in [-0.1, -0.05) is 71.4 Å². The first-order valence-corrected chi connectivity index (χ1v) is 16.2. The van der Waals surface area contributed by atoms with Crippen molar-refractivity contribution in [3.05, 3.63) is 55.6 Å². The van der Waals surface area contributed by atoms with Crippen LogP contribution in [0.1, 0.15) is 74.1 Å². The summed E-state index contributed by atoms with van der Waals surface area (Å²) in [5.74, 6) is -2.33. The van der Waals surface area contributed by atoms with Crippen molar-refractivity contribution >= 4 is 23.4 Å². The molecular formula is C36H53N3O5. The van der Waals surface area contributed by atoms with Gasteiger partial charge in [-0.15, -0.1) is 13.2 Å². The largest absolute Gasteiger partial charge is 0.394 e. The molecule has 3 fully saturated rings. The summed E-state index contributed by atoms with van der Waals surface area (Å²) in [6, 6.07) is 7.84. The normalized spacial score (nSPS) is 27.5. The summed E-state index contributed by atoms with van der Waals surface area (Å²) in [6.45, 7) is 22.7. The Bertz CT molecular complexity index is 1240. The summed E-state index contributed by atoms with van der Waals surface area (Å²) < 4.78 is 6.78. The number of aliphatic hydroxyl groups excluding tert-OH is 1. The molecule has 3 aliphatic heterocycles. The first-order valence-electron chi connectivity index (χ1n) is 16.2. The van der Waals surface area contributed by atoms with E-state index in [9.17, 15) is 14.7 Å². The van der Waals surface area contributed by atoms with Gasteiger partial charge in [0.15, 0.2) is 0 Å². The molecule has 2 bridgehead atoms. The van der Waals surface area contributed by atoms with Crippen LogP contribution in [0, 0.1) is 23.2 Å². The number of hydrogen-bond donors (Lipinski definition) is 1. The van der Waals surface area contributed by atoms with Gasteiger partial charge in [-0.05, 0) is 56.6 Å². The maximum absolute atomic E-state index is 15.0. The summed E-state index contributed by atoms with van der Waals surface area (Å²) in [5, 5.41) is 10.7. The van der Waals surface area contributed by atoms with Crippen LogP contribution in [0.4, 0.5) is 5.69 Å². The fraction of sp³-hybridized carbons (Fsp3) is 0.639. The number of aliphatic hydroxyl groups is 1. The molecule has 2 unspecified atom stereocenters. The minimum Gasteiger partial charge on any atom is -0.394 e. The van der Waals surface area contributed by atoms with Gasteiger partial charge in [0.2, 0.25) is 17.7 Å². The highest BCUT2D eigenvalue weighted by molar-refractivity contribution is 6.03. The average Bonchev–Trinajstić information content (AvgIpc) is 3.61. The van der Waals surface area contributed by atoms with Crippen LogP contribution in [-0.4, -0.2) is 81.7 Å². The zero-order valence-corrected chi connectivity index (χ0v) is 27.8.